The van der Waals surface area contributed by atoms with Gasteiger partial charge in [0.15, 0.2) is 5.78 Å². The van der Waals surface area contributed by atoms with Gasteiger partial charge < -0.3 is 4.84 Å². The molecule has 0 saturated carbocycles. The lowest BCUT2D eigenvalue weighted by Crippen LogP contribution is -2.10. The first-order valence-corrected chi connectivity index (χ1v) is 11.7. The largest absolute Gasteiger partial charge is 0.313 e. The van der Waals surface area contributed by atoms with Crippen LogP contribution in [0.2, 0.25) is 0 Å². The molecule has 154 valence electrons. The molecule has 0 saturated heterocycles. The van der Waals surface area contributed by atoms with Gasteiger partial charge in [0, 0.05) is 35.0 Å². The second-order valence-electron chi connectivity index (χ2n) is 6.31. The number of Topliss-reactive ketones (excluding diaryl/α,β-unsaturated/α-hetero) is 1. The van der Waals surface area contributed by atoms with Crippen molar-refractivity contribution in [3.63, 3.8) is 0 Å². The van der Waals surface area contributed by atoms with E-state index in [9.17, 15) is 19.7 Å². The van der Waals surface area contributed by atoms with E-state index in [2.05, 4.69) is 4.84 Å². The number of ketones is 2. The zero-order chi connectivity index (χ0) is 21.1. The van der Waals surface area contributed by atoms with Crippen molar-refractivity contribution in [1.29, 1.82) is 0 Å². The molecule has 0 heterocycles. The third-order valence-electron chi connectivity index (χ3n) is 4.27. The summed E-state index contributed by atoms with van der Waals surface area (Å²) in [6.07, 6.45) is 1.19. The molecule has 1 atom stereocenters. The molecule has 2 aromatic carbocycles. The van der Waals surface area contributed by atoms with Crippen molar-refractivity contribution in [1.82, 2.24) is 0 Å². The minimum absolute atomic E-state index is 0.0541. The van der Waals surface area contributed by atoms with Crippen LogP contribution in [0.25, 0.3) is 0 Å². The van der Waals surface area contributed by atoms with Gasteiger partial charge in [-0.1, -0.05) is 77.0 Å². The Bertz CT molecular complexity index is 829. The van der Waals surface area contributed by atoms with E-state index in [-0.39, 0.29) is 24.1 Å². The molecule has 2 aromatic rings. The molecule has 0 aliphatic rings. The molecule has 8 heteroatoms. The van der Waals surface area contributed by atoms with Crippen molar-refractivity contribution in [2.24, 2.45) is 0 Å². The molecule has 0 aliphatic carbocycles. The van der Waals surface area contributed by atoms with Crippen LogP contribution in [-0.2, 0) is 9.63 Å². The van der Waals surface area contributed by atoms with E-state index in [4.69, 9.17) is 0 Å². The molecule has 0 N–H and O–H groups in total. The predicted octanol–water partition coefficient (Wildman–Crippen LogP) is 4.96. The Kier molecular flexibility index (Phi) is 9.73. The molecule has 0 radical (unpaired) electrons. The number of carbonyl (C=O) groups is 2. The molecular weight excluding hydrogens is 410 g/mol. The molecule has 0 aromatic heterocycles. The number of benzene rings is 2. The van der Waals surface area contributed by atoms with Gasteiger partial charge in [-0.3, -0.25) is 9.59 Å². The molecule has 6 nitrogen and oxygen atoms in total. The molecule has 29 heavy (non-hydrogen) atoms. The SMILES string of the molecule is CC(C(=O)CCCSSCCO[N+](=O)[O-])c1cccc(C(=O)c2ccccc2)c1. The third kappa shape index (κ3) is 7.91. The minimum atomic E-state index is -0.798. The first-order valence-electron chi connectivity index (χ1n) is 9.23. The molecule has 0 spiro atoms. The standard InChI is InChI=1S/C21H23NO5S2/c1-16(20(23)11-6-13-28-29-14-12-27-22(25)26)18-9-5-10-19(15-18)21(24)17-7-3-2-4-8-17/h2-5,7-10,15-16H,6,11-14H2,1H3. The van der Waals surface area contributed by atoms with Crippen LogP contribution in [0, 0.1) is 10.1 Å². The summed E-state index contributed by atoms with van der Waals surface area (Å²) in [5, 5.41) is 9.23. The van der Waals surface area contributed by atoms with E-state index in [1.165, 1.54) is 10.8 Å². The fraction of sp³-hybridized carbons (Fsp3) is 0.333. The van der Waals surface area contributed by atoms with Crippen molar-refractivity contribution in [2.75, 3.05) is 18.1 Å². The number of hydrogen-bond acceptors (Lipinski definition) is 7. The fourth-order valence-corrected chi connectivity index (χ4v) is 4.58. The van der Waals surface area contributed by atoms with Crippen LogP contribution >= 0.6 is 21.6 Å². The van der Waals surface area contributed by atoms with Gasteiger partial charge in [0.1, 0.15) is 12.4 Å². The molecule has 2 rings (SSSR count). The quantitative estimate of drug-likeness (QED) is 0.145. The van der Waals surface area contributed by atoms with E-state index >= 15 is 0 Å². The topological polar surface area (TPSA) is 86.5 Å². The van der Waals surface area contributed by atoms with Crippen molar-refractivity contribution >= 4 is 33.2 Å². The molecule has 0 bridgehead atoms. The summed E-state index contributed by atoms with van der Waals surface area (Å²) in [6.45, 7) is 1.93. The lowest BCUT2D eigenvalue weighted by Gasteiger charge is -2.12. The van der Waals surface area contributed by atoms with Gasteiger partial charge in [0.25, 0.3) is 5.09 Å². The predicted molar refractivity (Wildman–Crippen MR) is 117 cm³/mol. The van der Waals surface area contributed by atoms with Crippen molar-refractivity contribution in [3.05, 3.63) is 81.4 Å². The summed E-state index contributed by atoms with van der Waals surface area (Å²) in [5.74, 6) is 1.12. The molecule has 1 unspecified atom stereocenters. The average Bonchev–Trinajstić information content (AvgIpc) is 2.74. The van der Waals surface area contributed by atoms with Gasteiger partial charge in [-0.25, -0.2) is 0 Å². The third-order valence-corrected chi connectivity index (χ3v) is 6.72. The van der Waals surface area contributed by atoms with Gasteiger partial charge in [-0.15, -0.1) is 10.1 Å². The van der Waals surface area contributed by atoms with Gasteiger partial charge in [0.05, 0.1) is 0 Å². The maximum absolute atomic E-state index is 12.6. The maximum Gasteiger partial charge on any atom is 0.294 e. The summed E-state index contributed by atoms with van der Waals surface area (Å²) < 4.78 is 0. The maximum atomic E-state index is 12.6. The highest BCUT2D eigenvalue weighted by atomic mass is 33.1. The van der Waals surface area contributed by atoms with E-state index in [1.807, 2.05) is 37.3 Å². The second-order valence-corrected chi connectivity index (χ2v) is 9.02. The Balaban J connectivity index is 1.79. The Morgan fingerprint density at radius 3 is 2.45 bits per heavy atom. The summed E-state index contributed by atoms with van der Waals surface area (Å²) in [7, 11) is 3.07. The monoisotopic (exact) mass is 433 g/mol. The van der Waals surface area contributed by atoms with Crippen LogP contribution < -0.4 is 0 Å². The Morgan fingerprint density at radius 1 is 1.03 bits per heavy atom. The first kappa shape index (κ1) is 23.0. The van der Waals surface area contributed by atoms with Crippen LogP contribution in [0.1, 0.15) is 47.2 Å². The van der Waals surface area contributed by atoms with Gasteiger partial charge >= 0.3 is 0 Å². The Labute approximate surface area is 177 Å². The number of rotatable bonds is 13. The number of carbonyl (C=O) groups excluding carboxylic acids is 2. The molecular formula is C21H23NO5S2. The van der Waals surface area contributed by atoms with Crippen LogP contribution in [0.15, 0.2) is 54.6 Å². The van der Waals surface area contributed by atoms with Crippen LogP contribution in [0.5, 0.6) is 0 Å². The van der Waals surface area contributed by atoms with Gasteiger partial charge in [0.2, 0.25) is 0 Å². The number of hydrogen-bond donors (Lipinski definition) is 0. The van der Waals surface area contributed by atoms with Crippen LogP contribution in [0.4, 0.5) is 0 Å². The Morgan fingerprint density at radius 2 is 1.72 bits per heavy atom. The van der Waals surface area contributed by atoms with Crippen molar-refractivity contribution < 1.29 is 19.5 Å². The van der Waals surface area contributed by atoms with Crippen LogP contribution in [0.3, 0.4) is 0 Å². The fourth-order valence-electron chi connectivity index (χ4n) is 2.68. The van der Waals surface area contributed by atoms with E-state index in [0.29, 0.717) is 23.3 Å². The highest BCUT2D eigenvalue weighted by molar-refractivity contribution is 8.76. The molecule has 0 amide bonds. The second kappa shape index (κ2) is 12.3. The van der Waals surface area contributed by atoms with Crippen molar-refractivity contribution in [3.8, 4) is 0 Å². The molecule has 0 aliphatic heterocycles. The zero-order valence-electron chi connectivity index (χ0n) is 16.1. The summed E-state index contributed by atoms with van der Waals surface area (Å²) in [6, 6.07) is 16.4. The van der Waals surface area contributed by atoms with E-state index in [0.717, 1.165) is 17.7 Å². The highest BCUT2D eigenvalue weighted by Gasteiger charge is 2.17. The van der Waals surface area contributed by atoms with Crippen molar-refractivity contribution in [2.45, 2.75) is 25.7 Å². The summed E-state index contributed by atoms with van der Waals surface area (Å²) in [4.78, 5) is 39.4. The Hall–Kier alpha value is -2.32. The highest BCUT2D eigenvalue weighted by Crippen LogP contribution is 2.25. The minimum Gasteiger partial charge on any atom is -0.313 e. The van der Waals surface area contributed by atoms with E-state index in [1.54, 1.807) is 35.1 Å². The lowest BCUT2D eigenvalue weighted by molar-refractivity contribution is -0.756. The summed E-state index contributed by atoms with van der Waals surface area (Å²) in [5.41, 5.74) is 2.05. The van der Waals surface area contributed by atoms with Crippen LogP contribution in [-0.4, -0.2) is 34.8 Å². The first-order chi connectivity index (χ1) is 14.0. The smallest absolute Gasteiger partial charge is 0.294 e. The normalized spacial score (nSPS) is 11.6. The molecule has 0 fully saturated rings. The summed E-state index contributed by atoms with van der Waals surface area (Å²) >= 11 is 0. The van der Waals surface area contributed by atoms with Gasteiger partial charge in [-0.05, 0) is 18.1 Å². The lowest BCUT2D eigenvalue weighted by atomic mass is 9.91. The average molecular weight is 434 g/mol. The number of nitrogens with zero attached hydrogens (tertiary/aromatic N) is 1. The zero-order valence-corrected chi connectivity index (χ0v) is 17.7. The van der Waals surface area contributed by atoms with Gasteiger partial charge in [-0.2, -0.15) is 0 Å². The van der Waals surface area contributed by atoms with E-state index < -0.39 is 5.09 Å².